The highest BCUT2D eigenvalue weighted by atomic mass is 79.9. The van der Waals surface area contributed by atoms with Crippen molar-refractivity contribution in [2.45, 2.75) is 19.8 Å². The zero-order chi connectivity index (χ0) is 10.6. The first-order valence-electron chi connectivity index (χ1n) is 4.74. The van der Waals surface area contributed by atoms with Crippen molar-refractivity contribution < 1.29 is 4.74 Å². The lowest BCUT2D eigenvalue weighted by molar-refractivity contribution is 0.333. The lowest BCUT2D eigenvalue weighted by atomic mass is 10.0. The molecule has 2 heteroatoms. The van der Waals surface area contributed by atoms with Gasteiger partial charge in [0.25, 0.3) is 0 Å². The molecule has 76 valence electrons. The molecule has 0 bridgehead atoms. The van der Waals surface area contributed by atoms with E-state index in [0.717, 1.165) is 10.2 Å². The highest BCUT2D eigenvalue weighted by molar-refractivity contribution is 9.10. The molecule has 0 aliphatic rings. The van der Waals surface area contributed by atoms with Crippen LogP contribution in [0.5, 0.6) is 5.75 Å². The molecule has 0 heterocycles. The maximum atomic E-state index is 5.60. The molecule has 1 aromatic carbocycles. The van der Waals surface area contributed by atoms with Gasteiger partial charge in [-0.25, -0.2) is 0 Å². The van der Waals surface area contributed by atoms with Crippen molar-refractivity contribution in [3.05, 3.63) is 40.9 Å². The molecule has 0 aromatic heterocycles. The number of ether oxygens (including phenoxy) is 1. The number of benzene rings is 1. The number of para-hydroxylation sites is 1. The molecule has 1 nitrogen and oxygen atoms in total. The molecule has 0 saturated carbocycles. The van der Waals surface area contributed by atoms with Gasteiger partial charge in [-0.3, -0.25) is 0 Å². The van der Waals surface area contributed by atoms with E-state index in [1.807, 2.05) is 25.1 Å². The third kappa shape index (κ3) is 2.38. The fourth-order valence-corrected chi connectivity index (χ4v) is 1.80. The van der Waals surface area contributed by atoms with Crippen molar-refractivity contribution in [1.82, 2.24) is 0 Å². The second-order valence-corrected chi connectivity index (χ2v) is 3.97. The predicted octanol–water partition coefficient (Wildman–Crippen LogP) is 4.14. The number of rotatable bonds is 4. The van der Waals surface area contributed by atoms with Gasteiger partial charge in [0.15, 0.2) is 0 Å². The molecule has 0 fully saturated rings. The summed E-state index contributed by atoms with van der Waals surface area (Å²) in [6, 6.07) is 6.08. The standard InChI is InChI=1S/C12H15BrO/c1-4-9(3)10-7-6-8-11(13)12(10)14-5-2/h4,6-9H,1,5H2,2-3H3. The van der Waals surface area contributed by atoms with E-state index >= 15 is 0 Å². The van der Waals surface area contributed by atoms with Crippen LogP contribution in [-0.4, -0.2) is 6.61 Å². The van der Waals surface area contributed by atoms with E-state index in [2.05, 4.69) is 35.5 Å². The molecule has 1 aromatic rings. The fourth-order valence-electron chi connectivity index (χ4n) is 1.31. The molecule has 0 N–H and O–H groups in total. The van der Waals surface area contributed by atoms with Crippen molar-refractivity contribution >= 4 is 15.9 Å². The van der Waals surface area contributed by atoms with Gasteiger partial charge in [-0.05, 0) is 28.9 Å². The second-order valence-electron chi connectivity index (χ2n) is 3.12. The minimum Gasteiger partial charge on any atom is -0.492 e. The summed E-state index contributed by atoms with van der Waals surface area (Å²) in [6.45, 7) is 8.57. The first-order valence-corrected chi connectivity index (χ1v) is 5.53. The van der Waals surface area contributed by atoms with Gasteiger partial charge in [0.2, 0.25) is 0 Å². The van der Waals surface area contributed by atoms with Crippen molar-refractivity contribution in [3.8, 4) is 5.75 Å². The van der Waals surface area contributed by atoms with Crippen LogP contribution < -0.4 is 4.74 Å². The number of hydrogen-bond acceptors (Lipinski definition) is 1. The Labute approximate surface area is 93.9 Å². The number of allylic oxidation sites excluding steroid dienone is 1. The summed E-state index contributed by atoms with van der Waals surface area (Å²) in [5.74, 6) is 1.25. The van der Waals surface area contributed by atoms with Crippen LogP contribution in [0.25, 0.3) is 0 Å². The minimum atomic E-state index is 0.314. The lowest BCUT2D eigenvalue weighted by Crippen LogP contribution is -1.99. The zero-order valence-electron chi connectivity index (χ0n) is 8.59. The smallest absolute Gasteiger partial charge is 0.137 e. The molecule has 0 spiro atoms. The summed E-state index contributed by atoms with van der Waals surface area (Å²) in [7, 11) is 0. The van der Waals surface area contributed by atoms with Crippen molar-refractivity contribution in [3.63, 3.8) is 0 Å². The first-order chi connectivity index (χ1) is 6.70. The van der Waals surface area contributed by atoms with Crippen LogP contribution in [0.2, 0.25) is 0 Å². The summed E-state index contributed by atoms with van der Waals surface area (Å²) >= 11 is 3.49. The van der Waals surface area contributed by atoms with Crippen LogP contribution in [0.1, 0.15) is 25.3 Å². The van der Waals surface area contributed by atoms with Crippen molar-refractivity contribution in [2.75, 3.05) is 6.61 Å². The average molecular weight is 255 g/mol. The van der Waals surface area contributed by atoms with Crippen LogP contribution in [0.4, 0.5) is 0 Å². The lowest BCUT2D eigenvalue weighted by Gasteiger charge is -2.14. The SMILES string of the molecule is C=CC(C)c1cccc(Br)c1OCC. The molecule has 0 radical (unpaired) electrons. The van der Waals surface area contributed by atoms with E-state index in [4.69, 9.17) is 4.74 Å². The summed E-state index contributed by atoms with van der Waals surface area (Å²) in [4.78, 5) is 0. The Bertz CT molecular complexity index is 320. The molecule has 1 unspecified atom stereocenters. The Kier molecular flexibility index (Phi) is 4.21. The quantitative estimate of drug-likeness (QED) is 0.735. The molecular weight excluding hydrogens is 240 g/mol. The Hall–Kier alpha value is -0.760. The summed E-state index contributed by atoms with van der Waals surface area (Å²) in [5.41, 5.74) is 1.18. The molecule has 1 rings (SSSR count). The Balaban J connectivity index is 3.13. The van der Waals surface area contributed by atoms with Gasteiger partial charge in [-0.1, -0.05) is 25.1 Å². The van der Waals surface area contributed by atoms with Gasteiger partial charge >= 0.3 is 0 Å². The Morgan fingerprint density at radius 3 is 2.86 bits per heavy atom. The molecule has 0 aliphatic carbocycles. The van der Waals surface area contributed by atoms with Crippen LogP contribution in [0.15, 0.2) is 35.3 Å². The summed E-state index contributed by atoms with van der Waals surface area (Å²) in [5, 5.41) is 0. The average Bonchev–Trinajstić information content (AvgIpc) is 2.20. The zero-order valence-corrected chi connectivity index (χ0v) is 10.2. The third-order valence-corrected chi connectivity index (χ3v) is 2.75. The van der Waals surface area contributed by atoms with E-state index < -0.39 is 0 Å². The highest BCUT2D eigenvalue weighted by Gasteiger charge is 2.11. The van der Waals surface area contributed by atoms with E-state index in [1.54, 1.807) is 0 Å². The molecule has 1 atom stereocenters. The molecular formula is C12H15BrO. The van der Waals surface area contributed by atoms with E-state index in [1.165, 1.54) is 5.56 Å². The van der Waals surface area contributed by atoms with Gasteiger partial charge < -0.3 is 4.74 Å². The van der Waals surface area contributed by atoms with Crippen LogP contribution in [-0.2, 0) is 0 Å². The fraction of sp³-hybridized carbons (Fsp3) is 0.333. The Morgan fingerprint density at radius 2 is 2.29 bits per heavy atom. The van der Waals surface area contributed by atoms with Crippen LogP contribution in [0.3, 0.4) is 0 Å². The van der Waals surface area contributed by atoms with Gasteiger partial charge in [0, 0.05) is 11.5 Å². The predicted molar refractivity (Wildman–Crippen MR) is 63.9 cm³/mol. The van der Waals surface area contributed by atoms with Gasteiger partial charge in [0.1, 0.15) is 5.75 Å². The van der Waals surface area contributed by atoms with Crippen LogP contribution >= 0.6 is 15.9 Å². The summed E-state index contributed by atoms with van der Waals surface area (Å²) in [6.07, 6.45) is 1.92. The van der Waals surface area contributed by atoms with Gasteiger partial charge in [-0.15, -0.1) is 6.58 Å². The second kappa shape index (κ2) is 5.20. The van der Waals surface area contributed by atoms with E-state index in [0.29, 0.717) is 12.5 Å². The molecule has 0 saturated heterocycles. The third-order valence-electron chi connectivity index (χ3n) is 2.13. The topological polar surface area (TPSA) is 9.23 Å². The Morgan fingerprint density at radius 1 is 1.57 bits per heavy atom. The highest BCUT2D eigenvalue weighted by Crippen LogP contribution is 2.34. The van der Waals surface area contributed by atoms with Crippen molar-refractivity contribution in [1.29, 1.82) is 0 Å². The normalized spacial score (nSPS) is 12.2. The largest absolute Gasteiger partial charge is 0.492 e. The molecule has 0 amide bonds. The number of halogens is 1. The van der Waals surface area contributed by atoms with E-state index in [-0.39, 0.29) is 0 Å². The number of hydrogen-bond donors (Lipinski definition) is 0. The maximum absolute atomic E-state index is 5.60. The monoisotopic (exact) mass is 254 g/mol. The van der Waals surface area contributed by atoms with Crippen molar-refractivity contribution in [2.24, 2.45) is 0 Å². The minimum absolute atomic E-state index is 0.314. The van der Waals surface area contributed by atoms with E-state index in [9.17, 15) is 0 Å². The summed E-state index contributed by atoms with van der Waals surface area (Å²) < 4.78 is 6.60. The molecule has 14 heavy (non-hydrogen) atoms. The van der Waals surface area contributed by atoms with Gasteiger partial charge in [0.05, 0.1) is 11.1 Å². The first kappa shape index (κ1) is 11.3. The van der Waals surface area contributed by atoms with Gasteiger partial charge in [-0.2, -0.15) is 0 Å². The molecule has 0 aliphatic heterocycles. The maximum Gasteiger partial charge on any atom is 0.137 e. The van der Waals surface area contributed by atoms with Crippen LogP contribution in [0, 0.1) is 0 Å².